The Bertz CT molecular complexity index is 492. The Morgan fingerprint density at radius 1 is 1.37 bits per heavy atom. The number of rotatable bonds is 2. The summed E-state index contributed by atoms with van der Waals surface area (Å²) < 4.78 is 0. The summed E-state index contributed by atoms with van der Waals surface area (Å²) >= 11 is 1.45. The molecule has 1 amide bonds. The second kappa shape index (κ2) is 6.71. The molecule has 0 spiro atoms. The van der Waals surface area contributed by atoms with Crippen LogP contribution in [0.4, 0.5) is 0 Å². The lowest BCUT2D eigenvalue weighted by Gasteiger charge is -2.33. The quantitative estimate of drug-likeness (QED) is 0.815. The number of hydrogen-bond donors (Lipinski definition) is 1. The average Bonchev–Trinajstić information content (AvgIpc) is 2.93. The Labute approximate surface area is 118 Å². The molecule has 5 heteroatoms. The summed E-state index contributed by atoms with van der Waals surface area (Å²) in [5.41, 5.74) is 5.34. The van der Waals surface area contributed by atoms with Crippen molar-refractivity contribution in [2.24, 2.45) is 5.73 Å². The third-order valence-corrected chi connectivity index (χ3v) is 4.23. The minimum Gasteiger partial charge on any atom is -0.335 e. The maximum Gasteiger partial charge on any atom is 0.264 e. The van der Waals surface area contributed by atoms with Crippen LogP contribution in [0.25, 0.3) is 0 Å². The maximum atomic E-state index is 12.3. The molecule has 0 unspecified atom stereocenters. The van der Waals surface area contributed by atoms with E-state index in [1.165, 1.54) is 11.3 Å². The van der Waals surface area contributed by atoms with E-state index in [2.05, 4.69) is 23.7 Å². The second-order valence-electron chi connectivity index (χ2n) is 4.40. The van der Waals surface area contributed by atoms with Crippen LogP contribution in [0.5, 0.6) is 0 Å². The summed E-state index contributed by atoms with van der Waals surface area (Å²) in [6, 6.07) is 3.75. The molecule has 1 aromatic rings. The predicted octanol–water partition coefficient (Wildman–Crippen LogP) is 0.836. The van der Waals surface area contributed by atoms with E-state index < -0.39 is 0 Å². The van der Waals surface area contributed by atoms with Gasteiger partial charge in [0.15, 0.2) is 0 Å². The molecule has 1 saturated heterocycles. The van der Waals surface area contributed by atoms with Crippen LogP contribution < -0.4 is 5.73 Å². The molecule has 1 aliphatic rings. The van der Waals surface area contributed by atoms with Crippen molar-refractivity contribution >= 4 is 17.2 Å². The van der Waals surface area contributed by atoms with Gasteiger partial charge in [0.1, 0.15) is 0 Å². The number of nitrogens with two attached hydrogens (primary N) is 1. The molecule has 2 N–H and O–H groups in total. The van der Waals surface area contributed by atoms with Crippen LogP contribution in [-0.4, -0.2) is 55.0 Å². The molecule has 0 radical (unpaired) electrons. The van der Waals surface area contributed by atoms with Crippen molar-refractivity contribution in [2.75, 3.05) is 39.3 Å². The number of thiophene rings is 1. The number of carbonyl (C=O) groups excluding carboxylic acids is 1. The standard InChI is InChI=1S/C14H19N3OS/c1-2-16-8-10-17(11-9-16)14(18)13-6-5-12(19-13)4-3-7-15/h5-6H,2,7-11,15H2,1H3. The summed E-state index contributed by atoms with van der Waals surface area (Å²) in [6.07, 6.45) is 0. The summed E-state index contributed by atoms with van der Waals surface area (Å²) in [6.45, 7) is 7.11. The molecule has 0 aromatic carbocycles. The Morgan fingerprint density at radius 2 is 2.11 bits per heavy atom. The van der Waals surface area contributed by atoms with Gasteiger partial charge in [-0.05, 0) is 18.7 Å². The molecule has 1 fully saturated rings. The van der Waals surface area contributed by atoms with Crippen LogP contribution in [0, 0.1) is 11.8 Å². The van der Waals surface area contributed by atoms with E-state index in [1.807, 2.05) is 17.0 Å². The highest BCUT2D eigenvalue weighted by atomic mass is 32.1. The molecule has 0 aliphatic carbocycles. The van der Waals surface area contributed by atoms with Gasteiger partial charge in [0, 0.05) is 26.2 Å². The maximum absolute atomic E-state index is 12.3. The molecule has 0 saturated carbocycles. The van der Waals surface area contributed by atoms with Gasteiger partial charge in [-0.25, -0.2) is 0 Å². The lowest BCUT2D eigenvalue weighted by atomic mass is 10.3. The molecule has 19 heavy (non-hydrogen) atoms. The van der Waals surface area contributed by atoms with E-state index in [4.69, 9.17) is 5.73 Å². The first-order chi connectivity index (χ1) is 9.24. The molecule has 2 heterocycles. The zero-order valence-corrected chi connectivity index (χ0v) is 12.0. The van der Waals surface area contributed by atoms with Gasteiger partial charge < -0.3 is 15.5 Å². The normalized spacial score (nSPS) is 16.0. The van der Waals surface area contributed by atoms with Gasteiger partial charge >= 0.3 is 0 Å². The van der Waals surface area contributed by atoms with Crippen LogP contribution in [0.3, 0.4) is 0 Å². The molecule has 0 atom stereocenters. The first kappa shape index (κ1) is 14.1. The highest BCUT2D eigenvalue weighted by molar-refractivity contribution is 7.14. The van der Waals surface area contributed by atoms with Crippen molar-refractivity contribution in [3.8, 4) is 11.8 Å². The molecule has 0 bridgehead atoms. The summed E-state index contributed by atoms with van der Waals surface area (Å²) in [7, 11) is 0. The number of amides is 1. The number of nitrogens with zero attached hydrogens (tertiary/aromatic N) is 2. The SMILES string of the molecule is CCN1CCN(C(=O)c2ccc(C#CCN)s2)CC1. The van der Waals surface area contributed by atoms with Gasteiger partial charge in [-0.3, -0.25) is 4.79 Å². The van der Waals surface area contributed by atoms with Gasteiger partial charge in [0.25, 0.3) is 5.91 Å². The first-order valence-electron chi connectivity index (χ1n) is 6.55. The van der Waals surface area contributed by atoms with Crippen molar-refractivity contribution in [3.05, 3.63) is 21.9 Å². The number of carbonyl (C=O) groups is 1. The average molecular weight is 277 g/mol. The lowest BCUT2D eigenvalue weighted by molar-refractivity contribution is 0.0648. The van der Waals surface area contributed by atoms with Crippen molar-refractivity contribution in [3.63, 3.8) is 0 Å². The van der Waals surface area contributed by atoms with Crippen LogP contribution in [0.1, 0.15) is 21.5 Å². The van der Waals surface area contributed by atoms with Gasteiger partial charge in [0.2, 0.25) is 0 Å². The van der Waals surface area contributed by atoms with Gasteiger partial charge in [-0.2, -0.15) is 0 Å². The second-order valence-corrected chi connectivity index (χ2v) is 5.48. The van der Waals surface area contributed by atoms with Gasteiger partial charge in [-0.15, -0.1) is 11.3 Å². The summed E-state index contributed by atoms with van der Waals surface area (Å²) in [5.74, 6) is 5.90. The van der Waals surface area contributed by atoms with E-state index in [0.717, 1.165) is 42.5 Å². The Kier molecular flexibility index (Phi) is 4.97. The smallest absolute Gasteiger partial charge is 0.264 e. The van der Waals surface area contributed by atoms with Crippen molar-refractivity contribution < 1.29 is 4.79 Å². The minimum atomic E-state index is 0.126. The summed E-state index contributed by atoms with van der Waals surface area (Å²) in [4.78, 5) is 18.3. The fourth-order valence-corrected chi connectivity index (χ4v) is 2.93. The van der Waals surface area contributed by atoms with E-state index >= 15 is 0 Å². The first-order valence-corrected chi connectivity index (χ1v) is 7.36. The third kappa shape index (κ3) is 3.57. The number of piperazine rings is 1. The topological polar surface area (TPSA) is 49.6 Å². The zero-order valence-electron chi connectivity index (χ0n) is 11.2. The molecule has 102 valence electrons. The molecule has 1 aromatic heterocycles. The lowest BCUT2D eigenvalue weighted by Crippen LogP contribution is -2.48. The zero-order chi connectivity index (χ0) is 13.7. The molecule has 1 aliphatic heterocycles. The minimum absolute atomic E-state index is 0.126. The summed E-state index contributed by atoms with van der Waals surface area (Å²) in [5, 5.41) is 0. The molecular formula is C14H19N3OS. The van der Waals surface area contributed by atoms with Crippen LogP contribution in [0.15, 0.2) is 12.1 Å². The Morgan fingerprint density at radius 3 is 2.74 bits per heavy atom. The predicted molar refractivity (Wildman–Crippen MR) is 78.3 cm³/mol. The van der Waals surface area contributed by atoms with E-state index in [0.29, 0.717) is 6.54 Å². The van der Waals surface area contributed by atoms with Gasteiger partial charge in [0.05, 0.1) is 16.3 Å². The third-order valence-electron chi connectivity index (χ3n) is 3.24. The molecular weight excluding hydrogens is 258 g/mol. The highest BCUT2D eigenvalue weighted by Crippen LogP contribution is 2.18. The number of hydrogen-bond acceptors (Lipinski definition) is 4. The van der Waals surface area contributed by atoms with Crippen LogP contribution >= 0.6 is 11.3 Å². The van der Waals surface area contributed by atoms with E-state index in [9.17, 15) is 4.79 Å². The van der Waals surface area contributed by atoms with Crippen molar-refractivity contribution in [1.29, 1.82) is 0 Å². The highest BCUT2D eigenvalue weighted by Gasteiger charge is 2.22. The van der Waals surface area contributed by atoms with E-state index in [-0.39, 0.29) is 5.91 Å². The largest absolute Gasteiger partial charge is 0.335 e. The van der Waals surface area contributed by atoms with E-state index in [1.54, 1.807) is 0 Å². The molecule has 2 rings (SSSR count). The van der Waals surface area contributed by atoms with Crippen LogP contribution in [-0.2, 0) is 0 Å². The Balaban J connectivity index is 1.98. The fourth-order valence-electron chi connectivity index (χ4n) is 2.08. The monoisotopic (exact) mass is 277 g/mol. The Hall–Kier alpha value is -1.35. The fraction of sp³-hybridized carbons (Fsp3) is 0.500. The molecule has 4 nitrogen and oxygen atoms in total. The van der Waals surface area contributed by atoms with Crippen LogP contribution in [0.2, 0.25) is 0 Å². The van der Waals surface area contributed by atoms with Crippen molar-refractivity contribution in [1.82, 2.24) is 9.80 Å². The van der Waals surface area contributed by atoms with Crippen molar-refractivity contribution in [2.45, 2.75) is 6.92 Å². The van der Waals surface area contributed by atoms with Gasteiger partial charge in [-0.1, -0.05) is 18.8 Å². The number of likely N-dealkylation sites (N-methyl/N-ethyl adjacent to an activating group) is 1.